The molecular formula is C15H17N3O3S. The molecular weight excluding hydrogens is 302 g/mol. The topological polar surface area (TPSA) is 91.1 Å². The fourth-order valence-electron chi connectivity index (χ4n) is 1.72. The fourth-order valence-corrected chi connectivity index (χ4v) is 2.20. The maximum atomic E-state index is 10.9. The van der Waals surface area contributed by atoms with Crippen LogP contribution in [-0.4, -0.2) is 19.5 Å². The Bertz CT molecular complexity index is 739. The molecule has 0 saturated heterocycles. The normalized spacial score (nSPS) is 11.7. The van der Waals surface area contributed by atoms with Gasteiger partial charge in [-0.1, -0.05) is 6.92 Å². The van der Waals surface area contributed by atoms with E-state index in [0.29, 0.717) is 11.4 Å². The maximum Gasteiger partial charge on any atom is 0.294 e. The molecule has 0 bridgehead atoms. The first-order valence-corrected chi connectivity index (χ1v) is 8.26. The van der Waals surface area contributed by atoms with Crippen molar-refractivity contribution in [1.82, 2.24) is 0 Å². The Labute approximate surface area is 129 Å². The summed E-state index contributed by atoms with van der Waals surface area (Å²) < 4.78 is 30.7. The number of hydrogen-bond donors (Lipinski definition) is 2. The van der Waals surface area contributed by atoms with Crippen molar-refractivity contribution in [3.8, 4) is 0 Å². The van der Waals surface area contributed by atoms with E-state index in [4.69, 9.17) is 4.55 Å². The van der Waals surface area contributed by atoms with E-state index in [-0.39, 0.29) is 4.90 Å². The Balaban J connectivity index is 2.05. The van der Waals surface area contributed by atoms with Gasteiger partial charge < -0.3 is 5.32 Å². The number of nitrogens with one attached hydrogen (secondary N) is 1. The first-order valence-electron chi connectivity index (χ1n) is 6.82. The van der Waals surface area contributed by atoms with Crippen LogP contribution in [0, 0.1) is 0 Å². The average molecular weight is 319 g/mol. The van der Waals surface area contributed by atoms with E-state index < -0.39 is 10.1 Å². The van der Waals surface area contributed by atoms with Crippen LogP contribution in [0.4, 0.5) is 17.1 Å². The molecule has 0 amide bonds. The molecule has 0 heterocycles. The molecule has 0 spiro atoms. The molecule has 0 radical (unpaired) electrons. The van der Waals surface area contributed by atoms with Crippen LogP contribution in [0.1, 0.15) is 13.3 Å². The zero-order valence-corrected chi connectivity index (χ0v) is 12.9. The van der Waals surface area contributed by atoms with E-state index in [1.807, 2.05) is 24.3 Å². The molecule has 0 aliphatic carbocycles. The predicted octanol–water partition coefficient (Wildman–Crippen LogP) is 4.17. The first-order chi connectivity index (χ1) is 10.5. The third kappa shape index (κ3) is 4.64. The van der Waals surface area contributed by atoms with Gasteiger partial charge in [-0.05, 0) is 55.0 Å². The molecule has 116 valence electrons. The molecule has 0 fully saturated rings. The Morgan fingerprint density at radius 2 is 1.45 bits per heavy atom. The molecule has 0 aliphatic rings. The van der Waals surface area contributed by atoms with Gasteiger partial charge in [-0.15, -0.1) is 0 Å². The van der Waals surface area contributed by atoms with Crippen molar-refractivity contribution in [3.63, 3.8) is 0 Å². The number of rotatable bonds is 6. The molecule has 2 aromatic rings. The summed E-state index contributed by atoms with van der Waals surface area (Å²) in [4.78, 5) is -0.169. The summed E-state index contributed by atoms with van der Waals surface area (Å²) in [6.07, 6.45) is 1.06. The second-order valence-electron chi connectivity index (χ2n) is 4.64. The fraction of sp³-hybridized carbons (Fsp3) is 0.200. The number of anilines is 1. The molecule has 0 saturated carbocycles. The monoisotopic (exact) mass is 319 g/mol. The Morgan fingerprint density at radius 3 is 1.91 bits per heavy atom. The predicted molar refractivity (Wildman–Crippen MR) is 85.7 cm³/mol. The highest BCUT2D eigenvalue weighted by molar-refractivity contribution is 7.85. The van der Waals surface area contributed by atoms with Crippen LogP contribution in [0.2, 0.25) is 0 Å². The highest BCUT2D eigenvalue weighted by Gasteiger charge is 2.07. The van der Waals surface area contributed by atoms with Crippen molar-refractivity contribution in [2.24, 2.45) is 10.2 Å². The van der Waals surface area contributed by atoms with E-state index in [2.05, 4.69) is 22.5 Å². The van der Waals surface area contributed by atoms with Gasteiger partial charge in [-0.3, -0.25) is 4.55 Å². The minimum Gasteiger partial charge on any atom is -0.385 e. The second kappa shape index (κ2) is 7.15. The number of benzene rings is 2. The lowest BCUT2D eigenvalue weighted by molar-refractivity contribution is 0.483. The van der Waals surface area contributed by atoms with Gasteiger partial charge in [0.05, 0.1) is 16.3 Å². The van der Waals surface area contributed by atoms with E-state index >= 15 is 0 Å². The molecule has 2 N–H and O–H groups in total. The molecule has 6 nitrogen and oxygen atoms in total. The molecule has 0 atom stereocenters. The highest BCUT2D eigenvalue weighted by Crippen LogP contribution is 2.21. The summed E-state index contributed by atoms with van der Waals surface area (Å²) in [5, 5.41) is 11.4. The lowest BCUT2D eigenvalue weighted by Gasteiger charge is -2.03. The summed E-state index contributed by atoms with van der Waals surface area (Å²) in [7, 11) is -4.18. The standard InChI is InChI=1S/C15H17N3O3S/c1-2-11-16-12-3-5-13(6-4-12)17-18-14-7-9-15(10-8-14)22(19,20)21/h3-10,16H,2,11H2,1H3,(H,19,20,21). The summed E-state index contributed by atoms with van der Waals surface area (Å²) in [5.74, 6) is 0. The molecule has 22 heavy (non-hydrogen) atoms. The molecule has 0 aromatic heterocycles. The van der Waals surface area contributed by atoms with E-state index in [1.54, 1.807) is 0 Å². The van der Waals surface area contributed by atoms with Crippen LogP contribution in [-0.2, 0) is 10.1 Å². The van der Waals surface area contributed by atoms with Crippen molar-refractivity contribution in [1.29, 1.82) is 0 Å². The van der Waals surface area contributed by atoms with Crippen molar-refractivity contribution < 1.29 is 13.0 Å². The Morgan fingerprint density at radius 1 is 0.955 bits per heavy atom. The molecule has 7 heteroatoms. The molecule has 0 unspecified atom stereocenters. The van der Waals surface area contributed by atoms with Crippen molar-refractivity contribution in [3.05, 3.63) is 48.5 Å². The summed E-state index contributed by atoms with van der Waals surface area (Å²) in [6, 6.07) is 13.0. The zero-order valence-electron chi connectivity index (χ0n) is 12.1. The third-order valence-electron chi connectivity index (χ3n) is 2.86. The highest BCUT2D eigenvalue weighted by atomic mass is 32.2. The number of azo groups is 1. The second-order valence-corrected chi connectivity index (χ2v) is 6.06. The Kier molecular flexibility index (Phi) is 5.24. The van der Waals surface area contributed by atoms with Gasteiger partial charge in [-0.25, -0.2) is 0 Å². The smallest absolute Gasteiger partial charge is 0.294 e. The summed E-state index contributed by atoms with van der Waals surface area (Å²) >= 11 is 0. The summed E-state index contributed by atoms with van der Waals surface area (Å²) in [6.45, 7) is 3.02. The lowest BCUT2D eigenvalue weighted by Crippen LogP contribution is -1.98. The SMILES string of the molecule is CCCNc1ccc(N=Nc2ccc(S(=O)(=O)O)cc2)cc1. The minimum absolute atomic E-state index is 0.169. The molecule has 2 aromatic carbocycles. The van der Waals surface area contributed by atoms with Gasteiger partial charge in [0.2, 0.25) is 0 Å². The minimum atomic E-state index is -4.18. The lowest BCUT2D eigenvalue weighted by atomic mass is 10.3. The average Bonchev–Trinajstić information content (AvgIpc) is 2.51. The van der Waals surface area contributed by atoms with E-state index in [9.17, 15) is 8.42 Å². The number of nitrogens with zero attached hydrogens (tertiary/aromatic N) is 2. The summed E-state index contributed by atoms with van der Waals surface area (Å²) in [5.41, 5.74) is 2.22. The van der Waals surface area contributed by atoms with Gasteiger partial charge in [-0.2, -0.15) is 18.6 Å². The van der Waals surface area contributed by atoms with Gasteiger partial charge in [0.25, 0.3) is 10.1 Å². The largest absolute Gasteiger partial charge is 0.385 e. The van der Waals surface area contributed by atoms with Crippen molar-refractivity contribution >= 4 is 27.2 Å². The third-order valence-corrected chi connectivity index (χ3v) is 3.73. The van der Waals surface area contributed by atoms with E-state index in [1.165, 1.54) is 24.3 Å². The van der Waals surface area contributed by atoms with Crippen molar-refractivity contribution in [2.75, 3.05) is 11.9 Å². The number of hydrogen-bond acceptors (Lipinski definition) is 5. The van der Waals surface area contributed by atoms with Crippen LogP contribution < -0.4 is 5.32 Å². The maximum absolute atomic E-state index is 10.9. The zero-order chi connectivity index (χ0) is 16.0. The molecule has 2 rings (SSSR count). The van der Waals surface area contributed by atoms with Gasteiger partial charge in [0.15, 0.2) is 0 Å². The Hall–Kier alpha value is -2.25. The first kappa shape index (κ1) is 16.1. The van der Waals surface area contributed by atoms with Crippen LogP contribution in [0.5, 0.6) is 0 Å². The quantitative estimate of drug-likeness (QED) is 0.617. The van der Waals surface area contributed by atoms with Gasteiger partial charge in [0.1, 0.15) is 0 Å². The van der Waals surface area contributed by atoms with Crippen LogP contribution >= 0.6 is 0 Å². The van der Waals surface area contributed by atoms with Crippen LogP contribution in [0.15, 0.2) is 63.7 Å². The molecule has 0 aliphatic heterocycles. The van der Waals surface area contributed by atoms with Gasteiger partial charge in [0, 0.05) is 12.2 Å². The van der Waals surface area contributed by atoms with Crippen molar-refractivity contribution in [2.45, 2.75) is 18.2 Å². The van der Waals surface area contributed by atoms with E-state index in [0.717, 1.165) is 18.7 Å². The van der Waals surface area contributed by atoms with Crippen LogP contribution in [0.25, 0.3) is 0 Å². The van der Waals surface area contributed by atoms with Crippen LogP contribution in [0.3, 0.4) is 0 Å². The van der Waals surface area contributed by atoms with Gasteiger partial charge >= 0.3 is 0 Å².